The van der Waals surface area contributed by atoms with Crippen molar-refractivity contribution in [3.8, 4) is 0 Å². The predicted molar refractivity (Wildman–Crippen MR) is 108 cm³/mol. The lowest BCUT2D eigenvalue weighted by molar-refractivity contribution is -0.134. The monoisotopic (exact) mass is 378 g/mol. The van der Waals surface area contributed by atoms with Crippen LogP contribution in [0.4, 0.5) is 5.82 Å². The molecule has 1 fully saturated rings. The van der Waals surface area contributed by atoms with Crippen LogP contribution in [0, 0.1) is 5.92 Å². The first-order chi connectivity index (χ1) is 13.7. The van der Waals surface area contributed by atoms with E-state index in [-0.39, 0.29) is 11.8 Å². The van der Waals surface area contributed by atoms with Crippen molar-refractivity contribution in [2.75, 3.05) is 31.1 Å². The molecule has 146 valence electrons. The van der Waals surface area contributed by atoms with Gasteiger partial charge in [0.15, 0.2) is 5.65 Å². The molecule has 0 bridgehead atoms. The zero-order valence-corrected chi connectivity index (χ0v) is 16.4. The van der Waals surface area contributed by atoms with Gasteiger partial charge in [0.25, 0.3) is 0 Å². The molecule has 1 aliphatic rings. The second-order valence-corrected chi connectivity index (χ2v) is 7.41. The van der Waals surface area contributed by atoms with E-state index in [0.29, 0.717) is 19.0 Å². The maximum Gasteiger partial charge on any atom is 0.230 e. The maximum atomic E-state index is 13.4. The van der Waals surface area contributed by atoms with Crippen molar-refractivity contribution in [2.24, 2.45) is 5.92 Å². The van der Waals surface area contributed by atoms with Crippen LogP contribution in [0.15, 0.2) is 48.8 Å². The van der Waals surface area contributed by atoms with Crippen LogP contribution in [-0.4, -0.2) is 56.8 Å². The highest BCUT2D eigenvalue weighted by molar-refractivity contribution is 5.84. The van der Waals surface area contributed by atoms with Crippen molar-refractivity contribution in [1.82, 2.24) is 24.7 Å². The minimum atomic E-state index is -0.0794. The van der Waals surface area contributed by atoms with Crippen LogP contribution < -0.4 is 4.90 Å². The Labute approximate surface area is 165 Å². The van der Waals surface area contributed by atoms with E-state index in [1.807, 2.05) is 35.2 Å². The summed E-state index contributed by atoms with van der Waals surface area (Å²) in [6, 6.07) is 14.1. The van der Waals surface area contributed by atoms with Crippen molar-refractivity contribution < 1.29 is 4.79 Å². The lowest BCUT2D eigenvalue weighted by atomic mass is 9.84. The molecule has 0 aliphatic carbocycles. The highest BCUT2D eigenvalue weighted by atomic mass is 16.2. The highest BCUT2D eigenvalue weighted by Gasteiger charge is 2.31. The number of fused-ring (bicyclic) bond motifs is 1. The van der Waals surface area contributed by atoms with Crippen LogP contribution in [0.25, 0.3) is 5.65 Å². The fourth-order valence-corrected chi connectivity index (χ4v) is 3.85. The van der Waals surface area contributed by atoms with E-state index in [2.05, 4.69) is 46.2 Å². The van der Waals surface area contributed by atoms with Crippen molar-refractivity contribution in [2.45, 2.75) is 26.2 Å². The van der Waals surface area contributed by atoms with E-state index >= 15 is 0 Å². The molecule has 1 aliphatic heterocycles. The van der Waals surface area contributed by atoms with Gasteiger partial charge in [-0.1, -0.05) is 50.6 Å². The smallest absolute Gasteiger partial charge is 0.230 e. The zero-order chi connectivity index (χ0) is 19.5. The largest absolute Gasteiger partial charge is 0.352 e. The number of benzene rings is 1. The number of amides is 1. The van der Waals surface area contributed by atoms with Gasteiger partial charge in [0.05, 0.1) is 5.92 Å². The van der Waals surface area contributed by atoms with Crippen LogP contribution in [0.1, 0.15) is 31.7 Å². The van der Waals surface area contributed by atoms with E-state index in [1.165, 1.54) is 0 Å². The van der Waals surface area contributed by atoms with Crippen molar-refractivity contribution >= 4 is 17.4 Å². The summed E-state index contributed by atoms with van der Waals surface area (Å²) in [5, 5.41) is 12.4. The fourth-order valence-electron chi connectivity index (χ4n) is 3.85. The highest BCUT2D eigenvalue weighted by Crippen LogP contribution is 2.29. The van der Waals surface area contributed by atoms with Gasteiger partial charge in [-0.25, -0.2) is 0 Å². The summed E-state index contributed by atoms with van der Waals surface area (Å²) in [6.45, 7) is 7.28. The van der Waals surface area contributed by atoms with Crippen LogP contribution in [0.3, 0.4) is 0 Å². The maximum absolute atomic E-state index is 13.4. The minimum absolute atomic E-state index is 0.0794. The first-order valence-electron chi connectivity index (χ1n) is 9.93. The lowest BCUT2D eigenvalue weighted by Gasteiger charge is -2.38. The number of anilines is 1. The van der Waals surface area contributed by atoms with Crippen molar-refractivity contribution in [3.63, 3.8) is 0 Å². The van der Waals surface area contributed by atoms with E-state index in [1.54, 1.807) is 10.8 Å². The molecule has 1 aromatic carbocycles. The molecule has 1 saturated heterocycles. The van der Waals surface area contributed by atoms with E-state index in [9.17, 15) is 4.79 Å². The first kappa shape index (κ1) is 18.4. The number of carbonyl (C=O) groups excluding carboxylic acids is 1. The van der Waals surface area contributed by atoms with Gasteiger partial charge in [0, 0.05) is 26.2 Å². The third-order valence-electron chi connectivity index (χ3n) is 5.70. The Bertz CT molecular complexity index is 932. The standard InChI is InChI=1S/C21H26N6O/c1-3-16(2)20(17-7-5-4-6-8-17)21(28)26-13-11-25(12-14-26)19-10-9-18-23-22-15-27(18)24-19/h4-10,15-16,20H,3,11-14H2,1-2H3. The fraction of sp³-hybridized carbons (Fsp3) is 0.429. The van der Waals surface area contributed by atoms with Gasteiger partial charge in [0.1, 0.15) is 12.1 Å². The molecule has 28 heavy (non-hydrogen) atoms. The summed E-state index contributed by atoms with van der Waals surface area (Å²) in [5.41, 5.74) is 1.85. The number of aromatic nitrogens is 4. The van der Waals surface area contributed by atoms with Crippen LogP contribution >= 0.6 is 0 Å². The summed E-state index contributed by atoms with van der Waals surface area (Å²) >= 11 is 0. The van der Waals surface area contributed by atoms with Gasteiger partial charge >= 0.3 is 0 Å². The minimum Gasteiger partial charge on any atom is -0.352 e. The Morgan fingerprint density at radius 2 is 1.82 bits per heavy atom. The van der Waals surface area contributed by atoms with E-state index in [4.69, 9.17) is 0 Å². The molecule has 1 amide bonds. The average molecular weight is 378 g/mol. The molecule has 3 aromatic rings. The Hall–Kier alpha value is -2.96. The quantitative estimate of drug-likeness (QED) is 0.683. The van der Waals surface area contributed by atoms with Crippen LogP contribution in [0.5, 0.6) is 0 Å². The molecule has 2 aromatic heterocycles. The van der Waals surface area contributed by atoms with Crippen molar-refractivity contribution in [1.29, 1.82) is 0 Å². The average Bonchev–Trinajstić information content (AvgIpc) is 3.22. The van der Waals surface area contributed by atoms with Gasteiger partial charge in [-0.2, -0.15) is 4.52 Å². The third kappa shape index (κ3) is 3.56. The molecule has 2 unspecified atom stereocenters. The Morgan fingerprint density at radius 1 is 1.07 bits per heavy atom. The molecule has 7 nitrogen and oxygen atoms in total. The summed E-state index contributed by atoms with van der Waals surface area (Å²) in [6.07, 6.45) is 2.59. The Balaban J connectivity index is 1.46. The normalized spacial score (nSPS) is 16.9. The van der Waals surface area contributed by atoms with Crippen LogP contribution in [0.2, 0.25) is 0 Å². The molecule has 0 spiro atoms. The number of hydrogen-bond donors (Lipinski definition) is 0. The van der Waals surface area contributed by atoms with Gasteiger partial charge in [0.2, 0.25) is 5.91 Å². The Kier molecular flexibility index (Phi) is 5.23. The van der Waals surface area contributed by atoms with Gasteiger partial charge in [-0.3, -0.25) is 4.79 Å². The van der Waals surface area contributed by atoms with Crippen molar-refractivity contribution in [3.05, 3.63) is 54.4 Å². The Morgan fingerprint density at radius 3 is 2.54 bits per heavy atom. The van der Waals surface area contributed by atoms with Gasteiger partial charge in [-0.15, -0.1) is 15.3 Å². The predicted octanol–water partition coefficient (Wildman–Crippen LogP) is 2.60. The second-order valence-electron chi connectivity index (χ2n) is 7.41. The number of hydrogen-bond acceptors (Lipinski definition) is 5. The third-order valence-corrected chi connectivity index (χ3v) is 5.70. The van der Waals surface area contributed by atoms with E-state index < -0.39 is 0 Å². The molecular formula is C21H26N6O. The molecule has 2 atom stereocenters. The van der Waals surface area contributed by atoms with Crippen LogP contribution in [-0.2, 0) is 4.79 Å². The number of carbonyl (C=O) groups is 1. The molecule has 0 N–H and O–H groups in total. The molecule has 4 rings (SSSR count). The molecule has 0 saturated carbocycles. The second kappa shape index (κ2) is 7.96. The zero-order valence-electron chi connectivity index (χ0n) is 16.4. The summed E-state index contributed by atoms with van der Waals surface area (Å²) in [5.74, 6) is 1.36. The summed E-state index contributed by atoms with van der Waals surface area (Å²) < 4.78 is 1.68. The SMILES string of the molecule is CCC(C)C(C(=O)N1CCN(c2ccc3nncn3n2)CC1)c1ccccc1. The molecular weight excluding hydrogens is 352 g/mol. The first-order valence-corrected chi connectivity index (χ1v) is 9.93. The lowest BCUT2D eigenvalue weighted by Crippen LogP contribution is -2.51. The number of piperazine rings is 1. The molecule has 3 heterocycles. The summed E-state index contributed by atoms with van der Waals surface area (Å²) in [4.78, 5) is 17.6. The topological polar surface area (TPSA) is 66.6 Å². The number of rotatable bonds is 5. The number of nitrogens with zero attached hydrogens (tertiary/aromatic N) is 6. The molecule has 0 radical (unpaired) electrons. The molecule has 7 heteroatoms. The van der Waals surface area contributed by atoms with E-state index in [0.717, 1.165) is 36.5 Å². The van der Waals surface area contributed by atoms with Gasteiger partial charge in [-0.05, 0) is 23.6 Å². The van der Waals surface area contributed by atoms with Gasteiger partial charge < -0.3 is 9.80 Å². The summed E-state index contributed by atoms with van der Waals surface area (Å²) in [7, 11) is 0.